The third-order valence-electron chi connectivity index (χ3n) is 5.31. The second-order valence-corrected chi connectivity index (χ2v) is 6.69. The lowest BCUT2D eigenvalue weighted by Crippen LogP contribution is -2.55. The molecule has 0 saturated carbocycles. The molecular formula is C16H28O6. The van der Waals surface area contributed by atoms with Crippen molar-refractivity contribution in [2.24, 2.45) is 17.8 Å². The Labute approximate surface area is 132 Å². The molecule has 22 heavy (non-hydrogen) atoms. The van der Waals surface area contributed by atoms with Crippen LogP contribution in [0.25, 0.3) is 0 Å². The lowest BCUT2D eigenvalue weighted by Gasteiger charge is -2.43. The predicted molar refractivity (Wildman–Crippen MR) is 79.5 cm³/mol. The summed E-state index contributed by atoms with van der Waals surface area (Å²) >= 11 is 0. The van der Waals surface area contributed by atoms with Gasteiger partial charge in [0.1, 0.15) is 0 Å². The van der Waals surface area contributed by atoms with Crippen molar-refractivity contribution in [2.75, 3.05) is 7.11 Å². The maximum atomic E-state index is 11.5. The van der Waals surface area contributed by atoms with Gasteiger partial charge in [-0.2, -0.15) is 0 Å². The second kappa shape index (κ2) is 6.83. The molecule has 9 atom stereocenters. The largest absolute Gasteiger partial charge is 0.479 e. The van der Waals surface area contributed by atoms with Crippen molar-refractivity contribution in [2.45, 2.75) is 71.4 Å². The summed E-state index contributed by atoms with van der Waals surface area (Å²) in [6, 6.07) is 0. The van der Waals surface area contributed by atoms with Crippen molar-refractivity contribution in [1.29, 1.82) is 0 Å². The van der Waals surface area contributed by atoms with Gasteiger partial charge in [0.25, 0.3) is 0 Å². The smallest absolute Gasteiger partial charge is 0.335 e. The van der Waals surface area contributed by atoms with Crippen LogP contribution in [0.4, 0.5) is 0 Å². The lowest BCUT2D eigenvalue weighted by atomic mass is 9.84. The number of carbonyl (C=O) groups is 1. The van der Waals surface area contributed by atoms with Crippen molar-refractivity contribution < 1.29 is 28.8 Å². The molecule has 2 aliphatic rings. The van der Waals surface area contributed by atoms with Gasteiger partial charge in [0, 0.05) is 18.9 Å². The van der Waals surface area contributed by atoms with E-state index in [0.29, 0.717) is 0 Å². The molecule has 5 unspecified atom stereocenters. The maximum Gasteiger partial charge on any atom is 0.335 e. The van der Waals surface area contributed by atoms with Gasteiger partial charge in [-0.15, -0.1) is 0 Å². The molecule has 2 heterocycles. The predicted octanol–water partition coefficient (Wildman–Crippen LogP) is 1.91. The van der Waals surface area contributed by atoms with E-state index in [4.69, 9.17) is 18.9 Å². The molecule has 0 aromatic heterocycles. The number of methoxy groups -OCH3 is 1. The highest BCUT2D eigenvalue weighted by molar-refractivity contribution is 5.73. The molecule has 0 aliphatic carbocycles. The van der Waals surface area contributed by atoms with E-state index < -0.39 is 24.5 Å². The molecule has 2 saturated heterocycles. The van der Waals surface area contributed by atoms with E-state index in [1.54, 1.807) is 0 Å². The molecule has 0 spiro atoms. The number of carboxylic acids is 1. The zero-order chi connectivity index (χ0) is 16.6. The zero-order valence-electron chi connectivity index (χ0n) is 14.2. The first-order valence-electron chi connectivity index (χ1n) is 7.99. The van der Waals surface area contributed by atoms with Gasteiger partial charge < -0.3 is 24.1 Å². The van der Waals surface area contributed by atoms with E-state index in [1.165, 1.54) is 7.11 Å². The maximum absolute atomic E-state index is 11.5. The van der Waals surface area contributed by atoms with Crippen molar-refractivity contribution >= 4 is 5.97 Å². The third-order valence-corrected chi connectivity index (χ3v) is 5.31. The minimum Gasteiger partial charge on any atom is -0.479 e. The van der Waals surface area contributed by atoms with Crippen molar-refractivity contribution in [3.8, 4) is 0 Å². The molecular weight excluding hydrogens is 288 g/mol. The Bertz CT molecular complexity index is 400. The van der Waals surface area contributed by atoms with E-state index in [0.717, 1.165) is 0 Å². The van der Waals surface area contributed by atoms with Crippen LogP contribution in [0.2, 0.25) is 0 Å². The SMILES string of the molecule is CO[C@H]1[C@H](C(=O)O)O[C@@H](OC2C(C)OC(C)C2C)C(C)[C@@H]1C. The quantitative estimate of drug-likeness (QED) is 0.854. The van der Waals surface area contributed by atoms with Crippen LogP contribution in [-0.4, -0.2) is 55.0 Å². The van der Waals surface area contributed by atoms with E-state index in [-0.39, 0.29) is 36.1 Å². The molecule has 2 fully saturated rings. The number of carboxylic acid groups (broad SMARTS) is 1. The number of rotatable bonds is 4. The standard InChI is InChI=1S/C16H28O6/c1-7-8(2)16(22-14(15(17)18)13(7)19-6)21-12-9(3)10(4)20-11(12)5/h7-14,16H,1-6H3,(H,17,18)/t7-,8?,9?,10?,11?,12?,13+,14+,16+/m0/s1. The molecule has 128 valence electrons. The van der Waals surface area contributed by atoms with Crippen LogP contribution in [0.15, 0.2) is 0 Å². The van der Waals surface area contributed by atoms with Gasteiger partial charge in [0.2, 0.25) is 0 Å². The summed E-state index contributed by atoms with van der Waals surface area (Å²) in [6.07, 6.45) is -2.04. The van der Waals surface area contributed by atoms with Crippen LogP contribution >= 0.6 is 0 Å². The first kappa shape index (κ1) is 17.7. The Kier molecular flexibility index (Phi) is 5.48. The molecule has 0 aromatic rings. The fraction of sp³-hybridized carbons (Fsp3) is 0.938. The summed E-state index contributed by atoms with van der Waals surface area (Å²) in [5.41, 5.74) is 0. The highest BCUT2D eigenvalue weighted by atomic mass is 16.7. The minimum absolute atomic E-state index is 0.0233. The fourth-order valence-electron chi connectivity index (χ4n) is 3.49. The van der Waals surface area contributed by atoms with Crippen LogP contribution < -0.4 is 0 Å². The molecule has 6 nitrogen and oxygen atoms in total. The van der Waals surface area contributed by atoms with E-state index >= 15 is 0 Å². The van der Waals surface area contributed by atoms with Crippen LogP contribution in [0, 0.1) is 17.8 Å². The average molecular weight is 316 g/mol. The van der Waals surface area contributed by atoms with Gasteiger partial charge >= 0.3 is 5.97 Å². The number of ether oxygens (including phenoxy) is 4. The van der Waals surface area contributed by atoms with Gasteiger partial charge in [0.15, 0.2) is 12.4 Å². The van der Waals surface area contributed by atoms with Gasteiger partial charge in [-0.3, -0.25) is 0 Å². The van der Waals surface area contributed by atoms with Crippen LogP contribution in [0.5, 0.6) is 0 Å². The van der Waals surface area contributed by atoms with Crippen molar-refractivity contribution in [3.05, 3.63) is 0 Å². The second-order valence-electron chi connectivity index (χ2n) is 6.69. The minimum atomic E-state index is -1.02. The van der Waals surface area contributed by atoms with Crippen LogP contribution in [0.1, 0.15) is 34.6 Å². The number of aliphatic carboxylic acids is 1. The summed E-state index contributed by atoms with van der Waals surface area (Å²) < 4.78 is 23.0. The molecule has 0 aromatic carbocycles. The van der Waals surface area contributed by atoms with Gasteiger partial charge in [-0.05, 0) is 19.8 Å². The summed E-state index contributed by atoms with van der Waals surface area (Å²) in [4.78, 5) is 11.5. The molecule has 0 bridgehead atoms. The zero-order valence-corrected chi connectivity index (χ0v) is 14.2. The molecule has 2 rings (SSSR count). The Morgan fingerprint density at radius 2 is 1.55 bits per heavy atom. The monoisotopic (exact) mass is 316 g/mol. The number of hydrogen-bond donors (Lipinski definition) is 1. The van der Waals surface area contributed by atoms with E-state index in [9.17, 15) is 9.90 Å². The van der Waals surface area contributed by atoms with Gasteiger partial charge in [0.05, 0.1) is 24.4 Å². The average Bonchev–Trinajstić information content (AvgIpc) is 2.69. The van der Waals surface area contributed by atoms with Gasteiger partial charge in [-0.1, -0.05) is 20.8 Å². The highest BCUT2D eigenvalue weighted by Gasteiger charge is 2.48. The Hall–Kier alpha value is -0.690. The normalized spacial score (nSPS) is 49.3. The fourth-order valence-corrected chi connectivity index (χ4v) is 3.49. The summed E-state index contributed by atoms with van der Waals surface area (Å²) in [7, 11) is 1.52. The summed E-state index contributed by atoms with van der Waals surface area (Å²) in [6.45, 7) is 10.1. The third kappa shape index (κ3) is 3.15. The number of hydrogen-bond acceptors (Lipinski definition) is 5. The Morgan fingerprint density at radius 1 is 0.909 bits per heavy atom. The first-order chi connectivity index (χ1) is 10.3. The molecule has 1 N–H and O–H groups in total. The Morgan fingerprint density at radius 3 is 2.00 bits per heavy atom. The molecule has 0 amide bonds. The summed E-state index contributed by atoms with van der Waals surface area (Å²) in [5.74, 6) is -0.716. The highest BCUT2D eigenvalue weighted by Crippen LogP contribution is 2.37. The van der Waals surface area contributed by atoms with E-state index in [2.05, 4.69) is 6.92 Å². The topological polar surface area (TPSA) is 74.2 Å². The molecule has 6 heteroatoms. The Balaban J connectivity index is 2.12. The lowest BCUT2D eigenvalue weighted by molar-refractivity contribution is -0.283. The first-order valence-corrected chi connectivity index (χ1v) is 7.99. The van der Waals surface area contributed by atoms with Crippen LogP contribution in [0.3, 0.4) is 0 Å². The van der Waals surface area contributed by atoms with Crippen molar-refractivity contribution in [1.82, 2.24) is 0 Å². The molecule has 0 radical (unpaired) electrons. The molecule has 2 aliphatic heterocycles. The summed E-state index contributed by atoms with van der Waals surface area (Å²) in [5, 5.41) is 9.38. The van der Waals surface area contributed by atoms with Crippen molar-refractivity contribution in [3.63, 3.8) is 0 Å². The van der Waals surface area contributed by atoms with E-state index in [1.807, 2.05) is 27.7 Å². The van der Waals surface area contributed by atoms with Crippen LogP contribution in [-0.2, 0) is 23.7 Å². The van der Waals surface area contributed by atoms with Gasteiger partial charge in [-0.25, -0.2) is 4.79 Å².